The number of thiophene rings is 1. The fraction of sp³-hybridized carbons (Fsp3) is 0.294. The summed E-state index contributed by atoms with van der Waals surface area (Å²) in [5.74, 6) is 0.842. The van der Waals surface area contributed by atoms with Gasteiger partial charge in [0.25, 0.3) is 5.91 Å². The van der Waals surface area contributed by atoms with Crippen molar-refractivity contribution in [2.24, 2.45) is 0 Å². The van der Waals surface area contributed by atoms with Crippen molar-refractivity contribution in [2.45, 2.75) is 12.8 Å². The topological polar surface area (TPSA) is 76.7 Å². The molecule has 0 aliphatic carbocycles. The van der Waals surface area contributed by atoms with E-state index < -0.39 is 0 Å². The Bertz CT molecular complexity index is 764. The average Bonchev–Trinajstić information content (AvgIpc) is 3.14. The van der Waals surface area contributed by atoms with Gasteiger partial charge in [0.15, 0.2) is 11.5 Å². The van der Waals surface area contributed by atoms with Crippen LogP contribution in [0, 0.1) is 0 Å². The first-order valence-electron chi connectivity index (χ1n) is 7.84. The molecule has 0 saturated carbocycles. The van der Waals surface area contributed by atoms with Crippen LogP contribution < -0.4 is 20.1 Å². The predicted molar refractivity (Wildman–Crippen MR) is 97.0 cm³/mol. The second kappa shape index (κ2) is 8.22. The van der Waals surface area contributed by atoms with Crippen LogP contribution in [-0.2, 0) is 4.79 Å². The fourth-order valence-corrected chi connectivity index (χ4v) is 3.16. The molecule has 0 radical (unpaired) electrons. The van der Waals surface area contributed by atoms with Crippen LogP contribution in [0.3, 0.4) is 0 Å². The molecule has 8 heteroatoms. The molecule has 1 aliphatic heterocycles. The summed E-state index contributed by atoms with van der Waals surface area (Å²) in [6, 6.07) is 6.88. The van der Waals surface area contributed by atoms with Gasteiger partial charge in [-0.2, -0.15) is 0 Å². The molecule has 0 fully saturated rings. The number of fused-ring (bicyclic) bond motifs is 1. The van der Waals surface area contributed by atoms with Gasteiger partial charge in [0, 0.05) is 25.1 Å². The molecule has 3 rings (SSSR count). The molecule has 1 aromatic carbocycles. The van der Waals surface area contributed by atoms with Gasteiger partial charge in [-0.1, -0.05) is 17.7 Å². The van der Waals surface area contributed by atoms with Gasteiger partial charge >= 0.3 is 0 Å². The minimum Gasteiger partial charge on any atom is -0.486 e. The Morgan fingerprint density at radius 1 is 1.20 bits per heavy atom. The highest BCUT2D eigenvalue weighted by Gasteiger charge is 2.16. The molecule has 6 nitrogen and oxygen atoms in total. The van der Waals surface area contributed by atoms with Crippen LogP contribution in [0.4, 0.5) is 5.69 Å². The van der Waals surface area contributed by atoms with Crippen LogP contribution in [0.5, 0.6) is 11.5 Å². The smallest absolute Gasteiger partial charge is 0.261 e. The van der Waals surface area contributed by atoms with Gasteiger partial charge in [0.1, 0.15) is 13.2 Å². The monoisotopic (exact) mass is 380 g/mol. The highest BCUT2D eigenvalue weighted by Crippen LogP contribution is 2.37. The summed E-state index contributed by atoms with van der Waals surface area (Å²) in [5.41, 5.74) is 0.485. The number of carbonyl (C=O) groups is 2. The van der Waals surface area contributed by atoms with E-state index in [1.54, 1.807) is 18.2 Å². The van der Waals surface area contributed by atoms with Gasteiger partial charge in [0.05, 0.1) is 15.6 Å². The van der Waals surface area contributed by atoms with E-state index in [2.05, 4.69) is 10.6 Å². The van der Waals surface area contributed by atoms with Crippen LogP contribution in [0.1, 0.15) is 22.5 Å². The number of anilines is 1. The summed E-state index contributed by atoms with van der Waals surface area (Å²) in [7, 11) is 0. The maximum atomic E-state index is 12.1. The highest BCUT2D eigenvalue weighted by atomic mass is 35.5. The summed E-state index contributed by atoms with van der Waals surface area (Å²) in [4.78, 5) is 24.5. The van der Waals surface area contributed by atoms with E-state index in [4.69, 9.17) is 21.1 Å². The minimum atomic E-state index is -0.177. The quantitative estimate of drug-likeness (QED) is 0.754. The zero-order valence-corrected chi connectivity index (χ0v) is 14.9. The minimum absolute atomic E-state index is 0.120. The van der Waals surface area contributed by atoms with Crippen LogP contribution in [-0.4, -0.2) is 31.6 Å². The van der Waals surface area contributed by atoms with E-state index >= 15 is 0 Å². The van der Waals surface area contributed by atoms with Gasteiger partial charge in [-0.05, 0) is 17.9 Å². The van der Waals surface area contributed by atoms with Crippen molar-refractivity contribution in [1.82, 2.24) is 5.32 Å². The molecule has 0 spiro atoms. The lowest BCUT2D eigenvalue weighted by atomic mass is 10.2. The molecule has 0 unspecified atom stereocenters. The second-order valence-corrected chi connectivity index (χ2v) is 6.72. The van der Waals surface area contributed by atoms with Crippen molar-refractivity contribution in [2.75, 3.05) is 25.1 Å². The summed E-state index contributed by atoms with van der Waals surface area (Å²) < 4.78 is 10.9. The van der Waals surface area contributed by atoms with Gasteiger partial charge in [-0.15, -0.1) is 11.3 Å². The molecular weight excluding hydrogens is 364 g/mol. The number of hydrogen-bond acceptors (Lipinski definition) is 5. The van der Waals surface area contributed by atoms with Crippen LogP contribution in [0.25, 0.3) is 0 Å². The molecule has 1 aliphatic rings. The summed E-state index contributed by atoms with van der Waals surface area (Å²) >= 11 is 7.54. The normalized spacial score (nSPS) is 12.5. The van der Waals surface area contributed by atoms with E-state index in [9.17, 15) is 9.59 Å². The maximum absolute atomic E-state index is 12.1. The Kier molecular flexibility index (Phi) is 5.78. The van der Waals surface area contributed by atoms with Gasteiger partial charge < -0.3 is 20.1 Å². The Morgan fingerprint density at radius 3 is 2.68 bits per heavy atom. The van der Waals surface area contributed by atoms with Crippen molar-refractivity contribution in [3.63, 3.8) is 0 Å². The molecule has 2 heterocycles. The number of rotatable bonds is 6. The fourth-order valence-electron chi connectivity index (χ4n) is 2.32. The van der Waals surface area contributed by atoms with E-state index in [0.29, 0.717) is 53.3 Å². The van der Waals surface area contributed by atoms with E-state index in [0.717, 1.165) is 0 Å². The maximum Gasteiger partial charge on any atom is 0.261 e. The summed E-state index contributed by atoms with van der Waals surface area (Å²) in [5, 5.41) is 7.78. The number of nitrogens with one attached hydrogen (secondary N) is 2. The number of hydrogen-bond donors (Lipinski definition) is 2. The molecule has 2 aromatic rings. The molecule has 0 saturated heterocycles. The van der Waals surface area contributed by atoms with Crippen LogP contribution in [0.15, 0.2) is 29.6 Å². The van der Waals surface area contributed by atoms with Gasteiger partial charge in [-0.25, -0.2) is 0 Å². The lowest BCUT2D eigenvalue weighted by Crippen LogP contribution is -2.24. The molecule has 0 atom stereocenters. The van der Waals surface area contributed by atoms with Crippen molar-refractivity contribution in [1.29, 1.82) is 0 Å². The predicted octanol–water partition coefficient (Wildman–Crippen LogP) is 3.32. The van der Waals surface area contributed by atoms with E-state index in [1.165, 1.54) is 11.3 Å². The lowest BCUT2D eigenvalue weighted by molar-refractivity contribution is -0.116. The van der Waals surface area contributed by atoms with Gasteiger partial charge in [0.2, 0.25) is 5.91 Å². The molecule has 2 amide bonds. The number of carbonyl (C=O) groups excluding carboxylic acids is 2. The third-order valence-corrected chi connectivity index (χ3v) is 4.70. The Hall–Kier alpha value is -2.25. The highest BCUT2D eigenvalue weighted by molar-refractivity contribution is 7.12. The average molecular weight is 381 g/mol. The first-order chi connectivity index (χ1) is 12.1. The third-order valence-electron chi connectivity index (χ3n) is 3.52. The van der Waals surface area contributed by atoms with Gasteiger partial charge in [-0.3, -0.25) is 9.59 Å². The number of amides is 2. The lowest BCUT2D eigenvalue weighted by Gasteiger charge is -2.20. The Labute approximate surface area is 154 Å². The van der Waals surface area contributed by atoms with E-state index in [-0.39, 0.29) is 18.2 Å². The zero-order valence-electron chi connectivity index (χ0n) is 13.3. The SMILES string of the molecule is O=C(CCCNC(=O)c1cccs1)Nc1cc2c(cc1Cl)OCCO2. The Morgan fingerprint density at radius 2 is 1.96 bits per heavy atom. The van der Waals surface area contributed by atoms with Crippen molar-refractivity contribution in [3.05, 3.63) is 39.5 Å². The molecule has 25 heavy (non-hydrogen) atoms. The van der Waals surface area contributed by atoms with Crippen molar-refractivity contribution in [3.8, 4) is 11.5 Å². The third kappa shape index (κ3) is 4.64. The zero-order chi connectivity index (χ0) is 17.6. The standard InChI is InChI=1S/C17H17ClN2O4S/c18-11-9-13-14(24-7-6-23-13)10-12(11)20-16(21)4-1-5-19-17(22)15-3-2-8-25-15/h2-3,8-10H,1,4-7H2,(H,19,22)(H,20,21). The van der Waals surface area contributed by atoms with Crippen molar-refractivity contribution < 1.29 is 19.1 Å². The largest absolute Gasteiger partial charge is 0.486 e. The molecule has 1 aromatic heterocycles. The molecule has 0 bridgehead atoms. The number of benzene rings is 1. The van der Waals surface area contributed by atoms with Crippen LogP contribution >= 0.6 is 22.9 Å². The summed E-state index contributed by atoms with van der Waals surface area (Å²) in [6.07, 6.45) is 0.806. The first-order valence-corrected chi connectivity index (χ1v) is 9.10. The number of halogens is 1. The molecular formula is C17H17ClN2O4S. The Balaban J connectivity index is 1.45. The first kappa shape index (κ1) is 17.6. The molecule has 132 valence electrons. The second-order valence-electron chi connectivity index (χ2n) is 5.36. The van der Waals surface area contributed by atoms with Crippen LogP contribution in [0.2, 0.25) is 5.02 Å². The summed E-state index contributed by atoms with van der Waals surface area (Å²) in [6.45, 7) is 1.37. The van der Waals surface area contributed by atoms with E-state index in [1.807, 2.05) is 11.4 Å². The number of ether oxygens (including phenoxy) is 2. The molecule has 2 N–H and O–H groups in total. The van der Waals surface area contributed by atoms with Crippen molar-refractivity contribution >= 4 is 40.4 Å².